The molecule has 0 heterocycles. The second-order valence-corrected chi connectivity index (χ2v) is 4.63. The zero-order chi connectivity index (χ0) is 15.2. The van der Waals surface area contributed by atoms with Crippen LogP contribution in [0.4, 0.5) is 17.1 Å². The molecule has 21 heavy (non-hydrogen) atoms. The van der Waals surface area contributed by atoms with E-state index >= 15 is 0 Å². The molecule has 0 saturated heterocycles. The van der Waals surface area contributed by atoms with E-state index in [9.17, 15) is 10.1 Å². The predicted molar refractivity (Wildman–Crippen MR) is 82.7 cm³/mol. The highest BCUT2D eigenvalue weighted by Crippen LogP contribution is 2.25. The first-order valence-electron chi connectivity index (χ1n) is 6.53. The minimum absolute atomic E-state index is 0.0685. The van der Waals surface area contributed by atoms with Gasteiger partial charge in [0.2, 0.25) is 0 Å². The van der Waals surface area contributed by atoms with Gasteiger partial charge in [0.05, 0.1) is 4.92 Å². The molecule has 110 valence electrons. The highest BCUT2D eigenvalue weighted by atomic mass is 16.6. The minimum atomic E-state index is -0.395. The van der Waals surface area contributed by atoms with Crippen LogP contribution in [0.2, 0.25) is 0 Å². The van der Waals surface area contributed by atoms with E-state index in [4.69, 9.17) is 10.5 Å². The lowest BCUT2D eigenvalue weighted by atomic mass is 10.2. The first-order valence-corrected chi connectivity index (χ1v) is 6.53. The molecule has 3 N–H and O–H groups in total. The fraction of sp³-hybridized carbons (Fsp3) is 0.200. The van der Waals surface area contributed by atoms with Crippen LogP contribution in [-0.4, -0.2) is 18.1 Å². The first kappa shape index (κ1) is 14.6. The maximum Gasteiger partial charge on any atom is 0.292 e. The maximum atomic E-state index is 11.0. The van der Waals surface area contributed by atoms with Crippen molar-refractivity contribution in [3.05, 3.63) is 58.1 Å². The molecule has 2 aromatic rings. The molecule has 0 aliphatic rings. The second kappa shape index (κ2) is 6.60. The number of nitrogens with zero attached hydrogens (tertiary/aromatic N) is 1. The molecule has 0 unspecified atom stereocenters. The zero-order valence-corrected chi connectivity index (χ0v) is 11.7. The number of nitrogen functional groups attached to an aromatic ring is 1. The SMILES string of the molecule is Cc1ccc(NCCOc2cccc(N)c2)c([N+](=O)[O-])c1. The summed E-state index contributed by atoms with van der Waals surface area (Å²) in [5.41, 5.74) is 7.69. The summed E-state index contributed by atoms with van der Waals surface area (Å²) >= 11 is 0. The van der Waals surface area contributed by atoms with Crippen LogP contribution >= 0.6 is 0 Å². The summed E-state index contributed by atoms with van der Waals surface area (Å²) in [6.07, 6.45) is 0. The number of nitrogens with two attached hydrogens (primary N) is 1. The smallest absolute Gasteiger partial charge is 0.292 e. The Kier molecular flexibility index (Phi) is 4.61. The molecule has 6 heteroatoms. The van der Waals surface area contributed by atoms with Crippen molar-refractivity contribution in [3.63, 3.8) is 0 Å². The van der Waals surface area contributed by atoms with Crippen molar-refractivity contribution in [3.8, 4) is 5.75 Å². The summed E-state index contributed by atoms with van der Waals surface area (Å²) in [6, 6.07) is 12.2. The van der Waals surface area contributed by atoms with E-state index in [1.54, 1.807) is 24.3 Å². The molecule has 0 fully saturated rings. The standard InChI is InChI=1S/C15H17N3O3/c1-11-5-6-14(15(9-11)18(19)20)17-7-8-21-13-4-2-3-12(16)10-13/h2-6,9-10,17H,7-8,16H2,1H3. The van der Waals surface area contributed by atoms with Crippen LogP contribution in [0.3, 0.4) is 0 Å². The van der Waals surface area contributed by atoms with Crippen LogP contribution in [0.1, 0.15) is 5.56 Å². The summed E-state index contributed by atoms with van der Waals surface area (Å²) < 4.78 is 5.52. The van der Waals surface area contributed by atoms with Gasteiger partial charge < -0.3 is 15.8 Å². The number of hydrogen-bond acceptors (Lipinski definition) is 5. The van der Waals surface area contributed by atoms with Gasteiger partial charge in [0, 0.05) is 24.4 Å². The summed E-state index contributed by atoms with van der Waals surface area (Å²) in [5.74, 6) is 0.676. The molecular weight excluding hydrogens is 270 g/mol. The number of aryl methyl sites for hydroxylation is 1. The van der Waals surface area contributed by atoms with Crippen LogP contribution in [-0.2, 0) is 0 Å². The highest BCUT2D eigenvalue weighted by molar-refractivity contribution is 5.62. The van der Waals surface area contributed by atoms with E-state index in [1.807, 2.05) is 25.1 Å². The molecule has 0 amide bonds. The van der Waals surface area contributed by atoms with Crippen LogP contribution in [0.25, 0.3) is 0 Å². The third-order valence-electron chi connectivity index (χ3n) is 2.89. The Balaban J connectivity index is 1.90. The Morgan fingerprint density at radius 3 is 2.81 bits per heavy atom. The number of benzene rings is 2. The van der Waals surface area contributed by atoms with Crippen molar-refractivity contribution < 1.29 is 9.66 Å². The van der Waals surface area contributed by atoms with Gasteiger partial charge in [-0.05, 0) is 30.7 Å². The fourth-order valence-corrected chi connectivity index (χ4v) is 1.90. The highest BCUT2D eigenvalue weighted by Gasteiger charge is 2.12. The molecule has 0 saturated carbocycles. The van der Waals surface area contributed by atoms with Crippen molar-refractivity contribution in [2.45, 2.75) is 6.92 Å². The average Bonchev–Trinajstić information content (AvgIpc) is 2.44. The molecule has 0 spiro atoms. The maximum absolute atomic E-state index is 11.0. The van der Waals surface area contributed by atoms with Crippen LogP contribution < -0.4 is 15.8 Å². The second-order valence-electron chi connectivity index (χ2n) is 4.63. The molecule has 2 aromatic carbocycles. The van der Waals surface area contributed by atoms with Crippen molar-refractivity contribution in [2.24, 2.45) is 0 Å². The molecular formula is C15H17N3O3. The number of hydrogen-bond donors (Lipinski definition) is 2. The van der Waals surface area contributed by atoms with Gasteiger partial charge in [-0.1, -0.05) is 12.1 Å². The van der Waals surface area contributed by atoms with Gasteiger partial charge in [0.25, 0.3) is 5.69 Å². The van der Waals surface area contributed by atoms with Gasteiger partial charge >= 0.3 is 0 Å². The predicted octanol–water partition coefficient (Wildman–Crippen LogP) is 2.98. The number of nitro benzene ring substituents is 1. The quantitative estimate of drug-likeness (QED) is 0.369. The molecule has 6 nitrogen and oxygen atoms in total. The van der Waals surface area contributed by atoms with Gasteiger partial charge in [0.1, 0.15) is 18.0 Å². The molecule has 0 atom stereocenters. The van der Waals surface area contributed by atoms with E-state index in [0.717, 1.165) is 5.56 Å². The monoisotopic (exact) mass is 287 g/mol. The number of nitrogens with one attached hydrogen (secondary N) is 1. The van der Waals surface area contributed by atoms with Crippen molar-refractivity contribution in [2.75, 3.05) is 24.2 Å². The first-order chi connectivity index (χ1) is 10.1. The van der Waals surface area contributed by atoms with E-state index in [-0.39, 0.29) is 5.69 Å². The third-order valence-corrected chi connectivity index (χ3v) is 2.89. The Labute approximate surface area is 122 Å². The minimum Gasteiger partial charge on any atom is -0.492 e. The number of rotatable bonds is 6. The Morgan fingerprint density at radius 1 is 1.29 bits per heavy atom. The van der Waals surface area contributed by atoms with Crippen molar-refractivity contribution in [1.29, 1.82) is 0 Å². The lowest BCUT2D eigenvalue weighted by Crippen LogP contribution is -2.12. The lowest BCUT2D eigenvalue weighted by Gasteiger charge is -2.09. The van der Waals surface area contributed by atoms with E-state index in [0.29, 0.717) is 30.3 Å². The van der Waals surface area contributed by atoms with E-state index in [1.165, 1.54) is 0 Å². The van der Waals surface area contributed by atoms with Crippen LogP contribution in [0, 0.1) is 17.0 Å². The van der Waals surface area contributed by atoms with Gasteiger partial charge in [0.15, 0.2) is 0 Å². The lowest BCUT2D eigenvalue weighted by molar-refractivity contribution is -0.384. The molecule has 0 aliphatic heterocycles. The molecule has 0 aromatic heterocycles. The largest absolute Gasteiger partial charge is 0.492 e. The molecule has 0 bridgehead atoms. The Bertz CT molecular complexity index is 644. The fourth-order valence-electron chi connectivity index (χ4n) is 1.90. The number of ether oxygens (including phenoxy) is 1. The van der Waals surface area contributed by atoms with Crippen LogP contribution in [0.15, 0.2) is 42.5 Å². The topological polar surface area (TPSA) is 90.4 Å². The van der Waals surface area contributed by atoms with Gasteiger partial charge in [-0.3, -0.25) is 10.1 Å². The van der Waals surface area contributed by atoms with Gasteiger partial charge in [-0.25, -0.2) is 0 Å². The third kappa shape index (κ3) is 4.10. The van der Waals surface area contributed by atoms with Crippen molar-refractivity contribution in [1.82, 2.24) is 0 Å². The van der Waals surface area contributed by atoms with E-state index < -0.39 is 4.92 Å². The molecule has 2 rings (SSSR count). The number of anilines is 2. The number of nitro groups is 1. The molecule has 0 radical (unpaired) electrons. The van der Waals surface area contributed by atoms with E-state index in [2.05, 4.69) is 5.32 Å². The van der Waals surface area contributed by atoms with Crippen molar-refractivity contribution >= 4 is 17.1 Å². The summed E-state index contributed by atoms with van der Waals surface area (Å²) in [5, 5.41) is 14.0. The zero-order valence-electron chi connectivity index (χ0n) is 11.7. The normalized spacial score (nSPS) is 10.1. The summed E-state index contributed by atoms with van der Waals surface area (Å²) in [7, 11) is 0. The van der Waals surface area contributed by atoms with Crippen LogP contribution in [0.5, 0.6) is 5.75 Å². The van der Waals surface area contributed by atoms with Gasteiger partial charge in [-0.2, -0.15) is 0 Å². The summed E-state index contributed by atoms with van der Waals surface area (Å²) in [4.78, 5) is 10.6. The van der Waals surface area contributed by atoms with Gasteiger partial charge in [-0.15, -0.1) is 0 Å². The molecule has 0 aliphatic carbocycles. The average molecular weight is 287 g/mol. The Morgan fingerprint density at radius 2 is 2.10 bits per heavy atom. The Hall–Kier alpha value is -2.76. The summed E-state index contributed by atoms with van der Waals surface area (Å²) in [6.45, 7) is 2.66.